The van der Waals surface area contributed by atoms with Gasteiger partial charge in [-0.2, -0.15) is 0 Å². The first-order chi connectivity index (χ1) is 11.1. The van der Waals surface area contributed by atoms with Gasteiger partial charge in [0, 0.05) is 6.04 Å². The Morgan fingerprint density at radius 1 is 1.26 bits per heavy atom. The maximum absolute atomic E-state index is 12.5. The van der Waals surface area contributed by atoms with E-state index in [0.29, 0.717) is 11.8 Å². The Labute approximate surface area is 133 Å². The second-order valence-corrected chi connectivity index (χ2v) is 7.14. The molecule has 8 nitrogen and oxygen atoms in total. The fourth-order valence-electron chi connectivity index (χ4n) is 5.17. The summed E-state index contributed by atoms with van der Waals surface area (Å²) in [5, 5.41) is 20.4. The predicted octanol–water partition coefficient (Wildman–Crippen LogP) is 1.88. The Morgan fingerprint density at radius 3 is 2.39 bits per heavy atom. The summed E-state index contributed by atoms with van der Waals surface area (Å²) in [6, 6.07) is 0.129. The van der Waals surface area contributed by atoms with E-state index < -0.39 is 16.5 Å². The monoisotopic (exact) mass is 320 g/mol. The molecule has 0 aliphatic heterocycles. The highest BCUT2D eigenvalue weighted by Crippen LogP contribution is 2.53. The minimum absolute atomic E-state index is 0.124. The molecule has 0 aromatic carbocycles. The third-order valence-corrected chi connectivity index (χ3v) is 5.84. The number of ether oxygens (including phenoxy) is 1. The maximum atomic E-state index is 12.5. The molecule has 0 unspecified atom stereocenters. The molecule has 4 aliphatic rings. The zero-order valence-corrected chi connectivity index (χ0v) is 12.9. The zero-order valence-electron chi connectivity index (χ0n) is 12.9. The second-order valence-electron chi connectivity index (χ2n) is 7.14. The molecule has 1 amide bonds. The van der Waals surface area contributed by atoms with Crippen molar-refractivity contribution in [3.63, 3.8) is 0 Å². The summed E-state index contributed by atoms with van der Waals surface area (Å²) in [4.78, 5) is 23.1. The van der Waals surface area contributed by atoms with Crippen molar-refractivity contribution in [1.29, 1.82) is 0 Å². The minimum Gasteiger partial charge on any atom is -0.475 e. The third-order valence-electron chi connectivity index (χ3n) is 5.84. The normalized spacial score (nSPS) is 34.4. The van der Waals surface area contributed by atoms with Crippen LogP contribution in [-0.4, -0.2) is 34.2 Å². The first-order valence-electron chi connectivity index (χ1n) is 8.14. The predicted molar refractivity (Wildman–Crippen MR) is 80.1 cm³/mol. The third kappa shape index (κ3) is 2.27. The Kier molecular flexibility index (Phi) is 3.28. The van der Waals surface area contributed by atoms with Crippen LogP contribution in [0.3, 0.4) is 0 Å². The van der Waals surface area contributed by atoms with Gasteiger partial charge in [-0.05, 0) is 55.8 Å². The quantitative estimate of drug-likeness (QED) is 0.650. The van der Waals surface area contributed by atoms with Crippen LogP contribution in [0.4, 0.5) is 5.69 Å². The molecule has 124 valence electrons. The molecule has 4 fully saturated rings. The van der Waals surface area contributed by atoms with E-state index in [1.165, 1.54) is 39.2 Å². The van der Waals surface area contributed by atoms with Crippen molar-refractivity contribution in [1.82, 2.24) is 15.5 Å². The number of methoxy groups -OCH3 is 1. The van der Waals surface area contributed by atoms with Crippen LogP contribution < -0.4 is 10.1 Å². The maximum Gasteiger partial charge on any atom is 0.362 e. The molecular weight excluding hydrogens is 300 g/mol. The Morgan fingerprint density at radius 2 is 1.87 bits per heavy atom. The lowest BCUT2D eigenvalue weighted by Crippen LogP contribution is -2.55. The molecule has 0 radical (unpaired) electrons. The number of carbonyl (C=O) groups excluding carboxylic acids is 1. The van der Waals surface area contributed by atoms with Gasteiger partial charge < -0.3 is 10.1 Å². The van der Waals surface area contributed by atoms with Crippen LogP contribution >= 0.6 is 0 Å². The van der Waals surface area contributed by atoms with E-state index in [4.69, 9.17) is 4.74 Å². The topological polar surface area (TPSA) is 110 Å². The van der Waals surface area contributed by atoms with Crippen molar-refractivity contribution < 1.29 is 14.5 Å². The fraction of sp³-hybridized carbons (Fsp3) is 0.733. The fourth-order valence-corrected chi connectivity index (χ4v) is 5.17. The first-order valence-corrected chi connectivity index (χ1v) is 8.14. The number of nitrogens with one attached hydrogen (secondary N) is 2. The molecular formula is C15H20N4O4. The van der Waals surface area contributed by atoms with Gasteiger partial charge >= 0.3 is 11.6 Å². The second kappa shape index (κ2) is 5.21. The van der Waals surface area contributed by atoms with E-state index in [-0.39, 0.29) is 17.6 Å². The molecule has 1 heterocycles. The van der Waals surface area contributed by atoms with E-state index in [2.05, 4.69) is 15.5 Å². The molecule has 4 saturated carbocycles. The first kappa shape index (κ1) is 14.5. The van der Waals surface area contributed by atoms with Crippen molar-refractivity contribution in [2.24, 2.45) is 23.7 Å². The van der Waals surface area contributed by atoms with Gasteiger partial charge in [-0.15, -0.1) is 5.10 Å². The van der Waals surface area contributed by atoms with E-state index >= 15 is 0 Å². The van der Waals surface area contributed by atoms with E-state index in [1.54, 1.807) is 0 Å². The van der Waals surface area contributed by atoms with Crippen molar-refractivity contribution in [3.05, 3.63) is 15.8 Å². The van der Waals surface area contributed by atoms with Crippen LogP contribution in [0.15, 0.2) is 0 Å². The van der Waals surface area contributed by atoms with Crippen LogP contribution in [-0.2, 0) is 0 Å². The van der Waals surface area contributed by atoms with Gasteiger partial charge in [0.2, 0.25) is 5.69 Å². The smallest absolute Gasteiger partial charge is 0.362 e. The van der Waals surface area contributed by atoms with Gasteiger partial charge in [-0.3, -0.25) is 20.0 Å². The van der Waals surface area contributed by atoms with Crippen LogP contribution in [0.25, 0.3) is 0 Å². The Bertz CT molecular complexity index is 628. The summed E-state index contributed by atoms with van der Waals surface area (Å²) in [6.07, 6.45) is 6.04. The van der Waals surface area contributed by atoms with Gasteiger partial charge in [0.25, 0.3) is 5.91 Å². The van der Waals surface area contributed by atoms with Crippen LogP contribution in [0.2, 0.25) is 0 Å². The van der Waals surface area contributed by atoms with Gasteiger partial charge in [0.1, 0.15) is 0 Å². The molecule has 1 aromatic heterocycles. The average Bonchev–Trinajstić information content (AvgIpc) is 2.94. The number of nitro groups is 1. The standard InChI is InChI=1S/C15H20N4O4/c1-23-15-13(19(21)22)12(17-18-15)14(20)16-11-9-3-7-2-8(5-9)6-10(11)4-7/h7-11H,2-6H2,1H3,(H,16,20)(H,17,18). The largest absolute Gasteiger partial charge is 0.475 e. The molecule has 8 heteroatoms. The summed E-state index contributed by atoms with van der Waals surface area (Å²) >= 11 is 0. The summed E-state index contributed by atoms with van der Waals surface area (Å²) < 4.78 is 4.86. The molecule has 1 aromatic rings. The molecule has 4 bridgehead atoms. The molecule has 2 N–H and O–H groups in total. The number of carbonyl (C=O) groups is 1. The van der Waals surface area contributed by atoms with Crippen molar-refractivity contribution in [2.75, 3.05) is 7.11 Å². The summed E-state index contributed by atoms with van der Waals surface area (Å²) in [6.45, 7) is 0. The van der Waals surface area contributed by atoms with Crippen LogP contribution in [0.1, 0.15) is 42.6 Å². The lowest BCUT2D eigenvalue weighted by molar-refractivity contribution is -0.386. The number of nitrogens with zero attached hydrogens (tertiary/aromatic N) is 2. The van der Waals surface area contributed by atoms with E-state index in [1.807, 2.05) is 0 Å². The van der Waals surface area contributed by atoms with Crippen LogP contribution in [0.5, 0.6) is 5.88 Å². The highest BCUT2D eigenvalue weighted by atomic mass is 16.6. The summed E-state index contributed by atoms with van der Waals surface area (Å²) in [5.74, 6) is 2.04. The van der Waals surface area contributed by atoms with E-state index in [0.717, 1.165) is 11.8 Å². The van der Waals surface area contributed by atoms with Crippen LogP contribution in [0, 0.1) is 33.8 Å². The van der Waals surface area contributed by atoms with E-state index in [9.17, 15) is 14.9 Å². The highest BCUT2D eigenvalue weighted by molar-refractivity contribution is 5.97. The molecule has 23 heavy (non-hydrogen) atoms. The lowest BCUT2D eigenvalue weighted by Gasteiger charge is -2.54. The van der Waals surface area contributed by atoms with Crippen molar-refractivity contribution >= 4 is 11.6 Å². The van der Waals surface area contributed by atoms with Gasteiger partial charge in [-0.25, -0.2) is 0 Å². The number of rotatable bonds is 4. The average molecular weight is 320 g/mol. The van der Waals surface area contributed by atoms with Crippen molar-refractivity contribution in [3.8, 4) is 5.88 Å². The SMILES string of the molecule is COc1n[nH]c(C(=O)NC2C3CC4CC(C3)CC2C4)c1[N+](=O)[O-]. The molecule has 5 rings (SSSR count). The summed E-state index contributed by atoms with van der Waals surface area (Å²) in [7, 11) is 1.29. The Balaban J connectivity index is 1.55. The number of H-pyrrole nitrogens is 1. The van der Waals surface area contributed by atoms with Gasteiger partial charge in [0.15, 0.2) is 0 Å². The number of aromatic amines is 1. The number of hydrogen-bond donors (Lipinski definition) is 2. The highest BCUT2D eigenvalue weighted by Gasteiger charge is 2.49. The molecule has 0 saturated heterocycles. The number of aromatic nitrogens is 2. The number of hydrogen-bond acceptors (Lipinski definition) is 5. The van der Waals surface area contributed by atoms with Gasteiger partial charge in [0.05, 0.1) is 12.0 Å². The summed E-state index contributed by atoms with van der Waals surface area (Å²) in [5.41, 5.74) is -0.519. The molecule has 4 aliphatic carbocycles. The Hall–Kier alpha value is -2.12. The zero-order chi connectivity index (χ0) is 16.1. The minimum atomic E-state index is -0.631. The van der Waals surface area contributed by atoms with Gasteiger partial charge in [-0.1, -0.05) is 0 Å². The molecule has 0 atom stereocenters. The van der Waals surface area contributed by atoms with Crippen molar-refractivity contribution in [2.45, 2.75) is 38.1 Å². The lowest BCUT2D eigenvalue weighted by atomic mass is 9.54. The molecule has 0 spiro atoms. The number of amides is 1.